The Bertz CT molecular complexity index is 895. The number of para-hydroxylation sites is 2. The van der Waals surface area contributed by atoms with Gasteiger partial charge in [-0.05, 0) is 36.2 Å². The van der Waals surface area contributed by atoms with Crippen molar-refractivity contribution in [3.63, 3.8) is 0 Å². The zero-order valence-corrected chi connectivity index (χ0v) is 13.5. The number of hydrogen-bond acceptors (Lipinski definition) is 3. The van der Waals surface area contributed by atoms with E-state index in [9.17, 15) is 4.79 Å². The van der Waals surface area contributed by atoms with Gasteiger partial charge in [0.15, 0.2) is 0 Å². The first-order chi connectivity index (χ1) is 11.7. The van der Waals surface area contributed by atoms with Crippen LogP contribution in [0.5, 0.6) is 0 Å². The van der Waals surface area contributed by atoms with E-state index in [-0.39, 0.29) is 5.91 Å². The molecule has 1 unspecified atom stereocenters. The highest BCUT2D eigenvalue weighted by molar-refractivity contribution is 6.04. The molecule has 5 nitrogen and oxygen atoms in total. The van der Waals surface area contributed by atoms with Crippen molar-refractivity contribution in [3.05, 3.63) is 59.7 Å². The van der Waals surface area contributed by atoms with Gasteiger partial charge >= 0.3 is 0 Å². The fourth-order valence-corrected chi connectivity index (χ4v) is 3.16. The van der Waals surface area contributed by atoms with Crippen molar-refractivity contribution in [1.82, 2.24) is 9.55 Å². The predicted molar refractivity (Wildman–Crippen MR) is 93.3 cm³/mol. The summed E-state index contributed by atoms with van der Waals surface area (Å²) in [7, 11) is 1.90. The minimum Gasteiger partial charge on any atom is -0.381 e. The van der Waals surface area contributed by atoms with Gasteiger partial charge in [0.2, 0.25) is 5.95 Å². The maximum absolute atomic E-state index is 12.6. The Labute approximate surface area is 140 Å². The summed E-state index contributed by atoms with van der Waals surface area (Å²) in [5, 5.41) is 2.92. The Morgan fingerprint density at radius 2 is 2.12 bits per heavy atom. The Hall–Kier alpha value is -2.66. The lowest BCUT2D eigenvalue weighted by Crippen LogP contribution is -2.15. The molecule has 1 N–H and O–H groups in total. The van der Waals surface area contributed by atoms with E-state index in [1.165, 1.54) is 0 Å². The Balaban J connectivity index is 1.59. The number of aromatic nitrogens is 2. The van der Waals surface area contributed by atoms with Crippen molar-refractivity contribution in [2.45, 2.75) is 12.3 Å². The number of rotatable bonds is 3. The average molecular weight is 321 g/mol. The molecule has 3 aromatic rings. The van der Waals surface area contributed by atoms with Gasteiger partial charge in [-0.3, -0.25) is 10.1 Å². The van der Waals surface area contributed by atoms with Gasteiger partial charge in [0, 0.05) is 25.1 Å². The Morgan fingerprint density at radius 3 is 2.92 bits per heavy atom. The molecule has 1 fully saturated rings. The van der Waals surface area contributed by atoms with Crippen LogP contribution in [0.2, 0.25) is 0 Å². The molecule has 0 aliphatic carbocycles. The van der Waals surface area contributed by atoms with E-state index in [1.54, 1.807) is 0 Å². The molecule has 1 aliphatic heterocycles. The molecular formula is C19H19N3O2. The van der Waals surface area contributed by atoms with Gasteiger partial charge in [0.05, 0.1) is 17.6 Å². The summed E-state index contributed by atoms with van der Waals surface area (Å²) < 4.78 is 7.33. The smallest absolute Gasteiger partial charge is 0.257 e. The first kappa shape index (κ1) is 14.9. The first-order valence-corrected chi connectivity index (χ1v) is 8.13. The lowest BCUT2D eigenvalue weighted by Gasteiger charge is -2.10. The second-order valence-corrected chi connectivity index (χ2v) is 6.12. The molecular weight excluding hydrogens is 302 g/mol. The number of nitrogens with zero attached hydrogens (tertiary/aromatic N) is 2. The van der Waals surface area contributed by atoms with Crippen LogP contribution >= 0.6 is 0 Å². The zero-order valence-electron chi connectivity index (χ0n) is 13.5. The molecule has 1 amide bonds. The average Bonchev–Trinajstić information content (AvgIpc) is 3.25. The van der Waals surface area contributed by atoms with Gasteiger partial charge in [0.1, 0.15) is 0 Å². The van der Waals surface area contributed by atoms with Crippen LogP contribution in [0.25, 0.3) is 11.0 Å². The van der Waals surface area contributed by atoms with Crippen LogP contribution in [-0.2, 0) is 11.8 Å². The highest BCUT2D eigenvalue weighted by Gasteiger charge is 2.19. The third-order valence-electron chi connectivity index (χ3n) is 4.56. The summed E-state index contributed by atoms with van der Waals surface area (Å²) in [4.78, 5) is 17.1. The molecule has 1 aromatic heterocycles. The third kappa shape index (κ3) is 2.67. The van der Waals surface area contributed by atoms with Crippen molar-refractivity contribution in [2.24, 2.45) is 7.05 Å². The van der Waals surface area contributed by atoms with Gasteiger partial charge in [-0.1, -0.05) is 24.3 Å². The zero-order chi connectivity index (χ0) is 16.5. The molecule has 2 aromatic carbocycles. The van der Waals surface area contributed by atoms with Gasteiger partial charge in [0.25, 0.3) is 5.91 Å². The minimum absolute atomic E-state index is 0.144. The molecule has 5 heteroatoms. The fraction of sp³-hybridized carbons (Fsp3) is 0.263. The minimum atomic E-state index is -0.144. The van der Waals surface area contributed by atoms with Crippen molar-refractivity contribution >= 4 is 22.9 Å². The maximum atomic E-state index is 12.6. The number of benzene rings is 2. The highest BCUT2D eigenvalue weighted by atomic mass is 16.5. The molecule has 4 rings (SSSR count). The standard InChI is InChI=1S/C19H19N3O2/c1-22-17-8-3-2-7-16(17)20-19(22)21-18(23)14-6-4-5-13(11-14)15-9-10-24-12-15/h2-8,11,15H,9-10,12H2,1H3,(H,20,21,23). The molecule has 0 saturated carbocycles. The number of anilines is 1. The largest absolute Gasteiger partial charge is 0.381 e. The molecule has 1 aliphatic rings. The first-order valence-electron chi connectivity index (χ1n) is 8.13. The van der Waals surface area contributed by atoms with E-state index < -0.39 is 0 Å². The van der Waals surface area contributed by atoms with E-state index >= 15 is 0 Å². The van der Waals surface area contributed by atoms with Gasteiger partial charge in [-0.15, -0.1) is 0 Å². The van der Waals surface area contributed by atoms with Gasteiger partial charge in [-0.25, -0.2) is 4.98 Å². The topological polar surface area (TPSA) is 56.2 Å². The number of amides is 1. The molecule has 2 heterocycles. The molecule has 122 valence electrons. The number of hydrogen-bond donors (Lipinski definition) is 1. The van der Waals surface area contributed by atoms with Crippen LogP contribution in [0.15, 0.2) is 48.5 Å². The summed E-state index contributed by atoms with van der Waals surface area (Å²) in [6, 6.07) is 15.6. The second kappa shape index (κ2) is 6.09. The van der Waals surface area contributed by atoms with Crippen LogP contribution in [0.1, 0.15) is 28.3 Å². The van der Waals surface area contributed by atoms with Crippen molar-refractivity contribution in [2.75, 3.05) is 18.5 Å². The van der Waals surface area contributed by atoms with Gasteiger partial charge < -0.3 is 9.30 Å². The number of aryl methyl sites for hydroxylation is 1. The highest BCUT2D eigenvalue weighted by Crippen LogP contribution is 2.26. The predicted octanol–water partition coefficient (Wildman–Crippen LogP) is 3.33. The van der Waals surface area contributed by atoms with Crippen LogP contribution in [-0.4, -0.2) is 28.7 Å². The van der Waals surface area contributed by atoms with E-state index in [0.717, 1.165) is 36.2 Å². The fourth-order valence-electron chi connectivity index (χ4n) is 3.16. The second-order valence-electron chi connectivity index (χ2n) is 6.12. The summed E-state index contributed by atoms with van der Waals surface area (Å²) in [6.45, 7) is 1.52. The molecule has 1 atom stereocenters. The van der Waals surface area contributed by atoms with E-state index in [0.29, 0.717) is 17.4 Å². The lowest BCUT2D eigenvalue weighted by atomic mass is 9.96. The summed E-state index contributed by atoms with van der Waals surface area (Å²) in [5.74, 6) is 0.790. The molecule has 0 bridgehead atoms. The SMILES string of the molecule is Cn1c(NC(=O)c2cccc(C3CCOC3)c2)nc2ccccc21. The van der Waals surface area contributed by atoms with Crippen molar-refractivity contribution < 1.29 is 9.53 Å². The number of ether oxygens (including phenoxy) is 1. The number of carbonyl (C=O) groups is 1. The maximum Gasteiger partial charge on any atom is 0.257 e. The number of nitrogens with one attached hydrogen (secondary N) is 1. The number of imidazole rings is 1. The van der Waals surface area contributed by atoms with Crippen LogP contribution in [0, 0.1) is 0 Å². The molecule has 1 saturated heterocycles. The van der Waals surface area contributed by atoms with Crippen LogP contribution in [0.4, 0.5) is 5.95 Å². The lowest BCUT2D eigenvalue weighted by molar-refractivity contribution is 0.102. The molecule has 0 spiro atoms. The normalized spacial score (nSPS) is 17.3. The Morgan fingerprint density at radius 1 is 1.25 bits per heavy atom. The van der Waals surface area contributed by atoms with Gasteiger partial charge in [-0.2, -0.15) is 0 Å². The van der Waals surface area contributed by atoms with E-state index in [4.69, 9.17) is 4.74 Å². The molecule has 24 heavy (non-hydrogen) atoms. The summed E-state index contributed by atoms with van der Waals surface area (Å²) in [6.07, 6.45) is 1.01. The van der Waals surface area contributed by atoms with Crippen LogP contribution in [0.3, 0.4) is 0 Å². The monoisotopic (exact) mass is 321 g/mol. The van der Waals surface area contributed by atoms with E-state index in [2.05, 4.69) is 16.4 Å². The Kier molecular flexibility index (Phi) is 3.78. The van der Waals surface area contributed by atoms with Crippen molar-refractivity contribution in [1.29, 1.82) is 0 Å². The number of fused-ring (bicyclic) bond motifs is 1. The van der Waals surface area contributed by atoms with E-state index in [1.807, 2.05) is 54.1 Å². The summed E-state index contributed by atoms with van der Waals surface area (Å²) in [5.41, 5.74) is 3.66. The van der Waals surface area contributed by atoms with Crippen molar-refractivity contribution in [3.8, 4) is 0 Å². The molecule has 0 radical (unpaired) electrons. The third-order valence-corrected chi connectivity index (χ3v) is 4.56. The quantitative estimate of drug-likeness (QED) is 0.805. The van der Waals surface area contributed by atoms with Crippen LogP contribution < -0.4 is 5.32 Å². The summed E-state index contributed by atoms with van der Waals surface area (Å²) >= 11 is 0. The number of carbonyl (C=O) groups excluding carboxylic acids is 1.